The number of benzene rings is 1. The van der Waals surface area contributed by atoms with Gasteiger partial charge in [0.25, 0.3) is 0 Å². The molecule has 7 nitrogen and oxygen atoms in total. The molecule has 1 aromatic carbocycles. The molecule has 3 atom stereocenters. The van der Waals surface area contributed by atoms with Gasteiger partial charge in [0, 0.05) is 30.0 Å². The standard InChI is InChI=1S/C30H46N4O3S/c1-21-11-13-23(14-12-21)15-16-26(35)31-18-17-30(5,6)37-20-29(3,4)34-27(36)10-8-7-9-25-28-24(19-38-25)32-22(2)33-28/h11-16,24-25,28,32-33H,2,7-10,17-20H2,1,3-6H3,(H,31,35)(H,34,36)/b16-15+/t24-,25?,28-/m0/s1. The minimum Gasteiger partial charge on any atom is -0.373 e. The fourth-order valence-corrected chi connectivity index (χ4v) is 6.24. The first-order valence-corrected chi connectivity index (χ1v) is 14.8. The first-order valence-electron chi connectivity index (χ1n) is 13.7. The van der Waals surface area contributed by atoms with Crippen molar-refractivity contribution in [3.63, 3.8) is 0 Å². The van der Waals surface area contributed by atoms with Crippen LogP contribution in [0, 0.1) is 6.92 Å². The van der Waals surface area contributed by atoms with E-state index in [4.69, 9.17) is 4.74 Å². The number of fused-ring (bicyclic) bond motifs is 1. The predicted molar refractivity (Wildman–Crippen MR) is 158 cm³/mol. The number of unbranched alkanes of at least 4 members (excludes halogenated alkanes) is 1. The molecule has 0 aromatic heterocycles. The number of hydrogen-bond donors (Lipinski definition) is 4. The second-order valence-electron chi connectivity index (χ2n) is 11.8. The Kier molecular flexibility index (Phi) is 10.7. The second-order valence-corrected chi connectivity index (χ2v) is 13.1. The Labute approximate surface area is 233 Å². The Morgan fingerprint density at radius 2 is 1.89 bits per heavy atom. The molecule has 0 radical (unpaired) electrons. The van der Waals surface area contributed by atoms with Crippen molar-refractivity contribution in [3.05, 3.63) is 53.9 Å². The second kappa shape index (κ2) is 13.6. The molecule has 210 valence electrons. The molecule has 8 heteroatoms. The topological polar surface area (TPSA) is 91.5 Å². The average Bonchev–Trinajstić information content (AvgIpc) is 3.39. The molecule has 0 saturated carbocycles. The molecule has 4 N–H and O–H groups in total. The van der Waals surface area contributed by atoms with Gasteiger partial charge in [-0.05, 0) is 65.5 Å². The maximum absolute atomic E-state index is 12.6. The van der Waals surface area contributed by atoms with Crippen LogP contribution in [0.4, 0.5) is 0 Å². The molecule has 1 unspecified atom stereocenters. The zero-order valence-corrected chi connectivity index (χ0v) is 24.5. The van der Waals surface area contributed by atoms with Crippen LogP contribution in [0.25, 0.3) is 6.08 Å². The lowest BCUT2D eigenvalue weighted by Gasteiger charge is -2.32. The summed E-state index contributed by atoms with van der Waals surface area (Å²) in [7, 11) is 0. The molecule has 0 aliphatic carbocycles. The van der Waals surface area contributed by atoms with Gasteiger partial charge in [-0.1, -0.05) is 42.8 Å². The highest BCUT2D eigenvalue weighted by Gasteiger charge is 2.40. The van der Waals surface area contributed by atoms with E-state index in [9.17, 15) is 9.59 Å². The van der Waals surface area contributed by atoms with Crippen LogP contribution < -0.4 is 21.3 Å². The van der Waals surface area contributed by atoms with Crippen molar-refractivity contribution in [2.45, 2.75) is 95.2 Å². The van der Waals surface area contributed by atoms with Gasteiger partial charge in [-0.15, -0.1) is 0 Å². The van der Waals surface area contributed by atoms with Crippen LogP contribution in [-0.4, -0.2) is 59.2 Å². The van der Waals surface area contributed by atoms with Gasteiger partial charge in [-0.3, -0.25) is 9.59 Å². The molecule has 2 saturated heterocycles. The highest BCUT2D eigenvalue weighted by Crippen LogP contribution is 2.34. The van der Waals surface area contributed by atoms with Crippen molar-refractivity contribution in [2.24, 2.45) is 0 Å². The number of thioether (sulfide) groups is 1. The van der Waals surface area contributed by atoms with Gasteiger partial charge in [0.05, 0.1) is 35.7 Å². The van der Waals surface area contributed by atoms with Gasteiger partial charge in [-0.25, -0.2) is 0 Å². The fourth-order valence-electron chi connectivity index (χ4n) is 4.70. The normalized spacial score (nSPS) is 21.2. The number of carbonyl (C=O) groups is 2. The van der Waals surface area contributed by atoms with Crippen LogP contribution in [0.2, 0.25) is 0 Å². The third-order valence-electron chi connectivity index (χ3n) is 7.00. The summed E-state index contributed by atoms with van der Waals surface area (Å²) < 4.78 is 6.15. The summed E-state index contributed by atoms with van der Waals surface area (Å²) in [5.74, 6) is 1.99. The smallest absolute Gasteiger partial charge is 0.244 e. The number of amides is 2. The summed E-state index contributed by atoms with van der Waals surface area (Å²) in [5, 5.41) is 13.5. The molecule has 1 aromatic rings. The third kappa shape index (κ3) is 10.0. The molecular formula is C30H46N4O3S. The largest absolute Gasteiger partial charge is 0.373 e. The third-order valence-corrected chi connectivity index (χ3v) is 8.51. The lowest BCUT2D eigenvalue weighted by Crippen LogP contribution is -2.49. The zero-order chi connectivity index (χ0) is 27.8. The highest BCUT2D eigenvalue weighted by molar-refractivity contribution is 8.00. The Hall–Kier alpha value is -2.45. The van der Waals surface area contributed by atoms with E-state index in [1.165, 1.54) is 5.56 Å². The van der Waals surface area contributed by atoms with Gasteiger partial charge >= 0.3 is 0 Å². The van der Waals surface area contributed by atoms with E-state index in [1.54, 1.807) is 6.08 Å². The van der Waals surface area contributed by atoms with E-state index in [-0.39, 0.29) is 11.8 Å². The quantitative estimate of drug-likeness (QED) is 0.207. The summed E-state index contributed by atoms with van der Waals surface area (Å²) in [4.78, 5) is 24.7. The number of aryl methyl sites for hydroxylation is 1. The molecule has 2 heterocycles. The summed E-state index contributed by atoms with van der Waals surface area (Å²) >= 11 is 2.01. The van der Waals surface area contributed by atoms with Crippen molar-refractivity contribution in [2.75, 3.05) is 18.9 Å². The first kappa shape index (κ1) is 30.1. The van der Waals surface area contributed by atoms with Crippen LogP contribution in [0.15, 0.2) is 42.7 Å². The monoisotopic (exact) mass is 542 g/mol. The summed E-state index contributed by atoms with van der Waals surface area (Å²) in [6, 6.07) is 8.98. The molecule has 2 aliphatic rings. The van der Waals surface area contributed by atoms with Crippen LogP contribution in [0.3, 0.4) is 0 Å². The summed E-state index contributed by atoms with van der Waals surface area (Å²) in [6.07, 6.45) is 7.60. The maximum Gasteiger partial charge on any atom is 0.244 e. The van der Waals surface area contributed by atoms with Crippen molar-refractivity contribution >= 4 is 29.7 Å². The van der Waals surface area contributed by atoms with Crippen LogP contribution in [0.5, 0.6) is 0 Å². The minimum atomic E-state index is -0.470. The van der Waals surface area contributed by atoms with E-state index in [0.717, 1.165) is 36.4 Å². The first-order chi connectivity index (χ1) is 17.9. The lowest BCUT2D eigenvalue weighted by molar-refractivity contribution is -0.125. The van der Waals surface area contributed by atoms with Crippen molar-refractivity contribution < 1.29 is 14.3 Å². The Morgan fingerprint density at radius 3 is 2.63 bits per heavy atom. The van der Waals surface area contributed by atoms with Gasteiger partial charge in [-0.2, -0.15) is 11.8 Å². The predicted octanol–water partition coefficient (Wildman–Crippen LogP) is 4.28. The average molecular weight is 543 g/mol. The van der Waals surface area contributed by atoms with Gasteiger partial charge < -0.3 is 26.0 Å². The molecular weight excluding hydrogens is 496 g/mol. The van der Waals surface area contributed by atoms with E-state index in [2.05, 4.69) is 27.8 Å². The van der Waals surface area contributed by atoms with Gasteiger partial charge in [0.2, 0.25) is 11.8 Å². The molecule has 2 amide bonds. The number of nitrogens with one attached hydrogen (secondary N) is 4. The number of rotatable bonds is 14. The van der Waals surface area contributed by atoms with Gasteiger partial charge in [0.15, 0.2) is 0 Å². The molecule has 3 rings (SSSR count). The van der Waals surface area contributed by atoms with Crippen LogP contribution in [0.1, 0.15) is 70.9 Å². The lowest BCUT2D eigenvalue weighted by atomic mass is 10.0. The number of ether oxygens (including phenoxy) is 1. The Bertz CT molecular complexity index is 990. The Morgan fingerprint density at radius 1 is 1.16 bits per heavy atom. The number of carbonyl (C=O) groups excluding carboxylic acids is 2. The number of hydrogen-bond acceptors (Lipinski definition) is 6. The van der Waals surface area contributed by atoms with Crippen LogP contribution >= 0.6 is 11.8 Å². The van der Waals surface area contributed by atoms with E-state index < -0.39 is 11.1 Å². The molecule has 2 aliphatic heterocycles. The molecule has 0 spiro atoms. The summed E-state index contributed by atoms with van der Waals surface area (Å²) in [6.45, 7) is 14.9. The minimum absolute atomic E-state index is 0.0648. The highest BCUT2D eigenvalue weighted by atomic mass is 32.2. The van der Waals surface area contributed by atoms with Crippen molar-refractivity contribution in [1.29, 1.82) is 0 Å². The maximum atomic E-state index is 12.6. The molecule has 38 heavy (non-hydrogen) atoms. The summed E-state index contributed by atoms with van der Waals surface area (Å²) in [5.41, 5.74) is 1.29. The molecule has 2 fully saturated rings. The fraction of sp³-hybridized carbons (Fsp3) is 0.600. The Balaban J connectivity index is 1.28. The van der Waals surface area contributed by atoms with E-state index in [0.29, 0.717) is 43.3 Å². The van der Waals surface area contributed by atoms with Gasteiger partial charge in [0.1, 0.15) is 0 Å². The SMILES string of the molecule is C=C1N[C@H]2CSC(CCCCC(=O)NC(C)(C)COC(C)(C)CCNC(=O)/C=C/c3ccc(C)cc3)[C@H]2N1. The zero-order valence-electron chi connectivity index (χ0n) is 23.7. The van der Waals surface area contributed by atoms with Crippen LogP contribution in [-0.2, 0) is 14.3 Å². The van der Waals surface area contributed by atoms with Crippen molar-refractivity contribution in [1.82, 2.24) is 21.3 Å². The van der Waals surface area contributed by atoms with E-state index >= 15 is 0 Å². The van der Waals surface area contributed by atoms with E-state index in [1.807, 2.05) is 76.7 Å². The van der Waals surface area contributed by atoms with Crippen molar-refractivity contribution in [3.8, 4) is 0 Å². The molecule has 0 bridgehead atoms.